The first-order valence-electron chi connectivity index (χ1n) is 9.75. The minimum atomic E-state index is -3.24. The van der Waals surface area contributed by atoms with Crippen molar-refractivity contribution in [2.24, 2.45) is 5.92 Å². The summed E-state index contributed by atoms with van der Waals surface area (Å²) >= 11 is 0. The van der Waals surface area contributed by atoms with Gasteiger partial charge in [0.25, 0.3) is 0 Å². The Morgan fingerprint density at radius 2 is 2.00 bits per heavy atom. The molecule has 0 spiro atoms. The topological polar surface area (TPSA) is 98.3 Å². The van der Waals surface area contributed by atoms with E-state index in [0.29, 0.717) is 24.0 Å². The molecule has 1 aliphatic rings. The van der Waals surface area contributed by atoms with E-state index in [0.717, 1.165) is 19.8 Å². The lowest BCUT2D eigenvalue weighted by atomic mass is 9.84. The Morgan fingerprint density at radius 3 is 2.60 bits per heavy atom. The monoisotopic (exact) mass is 421 g/mol. The van der Waals surface area contributed by atoms with E-state index in [1.165, 1.54) is 25.3 Å². The van der Waals surface area contributed by atoms with Gasteiger partial charge in [0, 0.05) is 26.0 Å². The molecule has 2 heterocycles. The van der Waals surface area contributed by atoms with Gasteiger partial charge < -0.3 is 20.1 Å². The lowest BCUT2D eigenvalue weighted by Crippen LogP contribution is -2.32. The maximum Gasteiger partial charge on any atom is 0.304 e. The van der Waals surface area contributed by atoms with E-state index in [9.17, 15) is 13.6 Å². The zero-order chi connectivity index (χ0) is 21.9. The molecule has 1 saturated carbocycles. The highest BCUT2D eigenvalue weighted by Crippen LogP contribution is 2.34. The number of nitrogens with zero attached hydrogens (tertiary/aromatic N) is 3. The molecule has 1 amide bonds. The fourth-order valence-electron chi connectivity index (χ4n) is 3.04. The van der Waals surface area contributed by atoms with Crippen LogP contribution in [0.3, 0.4) is 0 Å². The summed E-state index contributed by atoms with van der Waals surface area (Å²) in [6.07, 6.45) is 3.08. The smallest absolute Gasteiger partial charge is 0.304 e. The summed E-state index contributed by atoms with van der Waals surface area (Å²) in [4.78, 5) is 23.3. The summed E-state index contributed by atoms with van der Waals surface area (Å²) in [5.41, 5.74) is 0.405. The quantitative estimate of drug-likeness (QED) is 0.657. The van der Waals surface area contributed by atoms with Crippen molar-refractivity contribution in [2.45, 2.75) is 52.6 Å². The highest BCUT2D eigenvalue weighted by molar-refractivity contribution is 5.88. The summed E-state index contributed by atoms with van der Waals surface area (Å²) in [7, 11) is 0. The molecule has 2 N–H and O–H groups in total. The number of ether oxygens (including phenoxy) is 2. The minimum Gasteiger partial charge on any atom is -0.490 e. The maximum atomic E-state index is 14.0. The van der Waals surface area contributed by atoms with Crippen LogP contribution in [0.2, 0.25) is 0 Å². The number of hydrogen-bond donors (Lipinski definition) is 2. The van der Waals surface area contributed by atoms with Gasteiger partial charge in [-0.2, -0.15) is 13.8 Å². The molecular formula is C20H25F2N5O3. The summed E-state index contributed by atoms with van der Waals surface area (Å²) < 4.78 is 39.2. The molecular weight excluding hydrogens is 396 g/mol. The van der Waals surface area contributed by atoms with Gasteiger partial charge in [0.05, 0.1) is 18.5 Å². The molecule has 1 aliphatic carbocycles. The molecule has 162 valence electrons. The third kappa shape index (κ3) is 5.52. The summed E-state index contributed by atoms with van der Waals surface area (Å²) in [6.45, 7) is 6.36. The van der Waals surface area contributed by atoms with Crippen molar-refractivity contribution in [3.05, 3.63) is 24.2 Å². The predicted octanol–water partition coefficient (Wildman–Crippen LogP) is 4.26. The number of halogens is 2. The second kappa shape index (κ2) is 8.76. The van der Waals surface area contributed by atoms with Crippen LogP contribution in [0.5, 0.6) is 11.6 Å². The van der Waals surface area contributed by atoms with Crippen LogP contribution in [0.4, 0.5) is 26.1 Å². The number of carbonyl (C=O) groups is 1. The molecule has 0 aromatic carbocycles. The van der Waals surface area contributed by atoms with Gasteiger partial charge in [0.2, 0.25) is 17.6 Å². The van der Waals surface area contributed by atoms with E-state index >= 15 is 0 Å². The Labute approximate surface area is 173 Å². The Balaban J connectivity index is 1.93. The fraction of sp³-hybridized carbons (Fsp3) is 0.500. The number of anilines is 3. The van der Waals surface area contributed by atoms with Gasteiger partial charge in [-0.25, -0.2) is 9.97 Å². The average Bonchev–Trinajstić information content (AvgIpc) is 2.61. The third-order valence-corrected chi connectivity index (χ3v) is 4.45. The number of amides is 1. The van der Waals surface area contributed by atoms with Crippen molar-refractivity contribution in [2.75, 3.05) is 17.2 Å². The van der Waals surface area contributed by atoms with Crippen LogP contribution in [0.25, 0.3) is 0 Å². The fourth-order valence-corrected chi connectivity index (χ4v) is 3.04. The summed E-state index contributed by atoms with van der Waals surface area (Å²) in [6, 6.07) is 3.00. The van der Waals surface area contributed by atoms with E-state index in [1.807, 2.05) is 0 Å². The van der Waals surface area contributed by atoms with Gasteiger partial charge in [0.1, 0.15) is 17.7 Å². The first-order chi connectivity index (χ1) is 14.1. The standard InChI is InChI=1S/C20H25F2N5O3/c1-5-29-15-10-23-16(24-12(3)28)8-14(15)25-17-9-18(30-13-6-11(2)7-13)27-19(26-17)20(4,21)22/h8-11,13H,5-7H2,1-4H3,(H2,23,24,25,26,27,28). The van der Waals surface area contributed by atoms with Gasteiger partial charge in [-0.05, 0) is 25.7 Å². The van der Waals surface area contributed by atoms with Crippen LogP contribution in [0.15, 0.2) is 18.3 Å². The zero-order valence-electron chi connectivity index (χ0n) is 17.3. The van der Waals surface area contributed by atoms with E-state index in [1.54, 1.807) is 6.92 Å². The lowest BCUT2D eigenvalue weighted by Gasteiger charge is -2.32. The highest BCUT2D eigenvalue weighted by Gasteiger charge is 2.32. The molecule has 2 aromatic rings. The molecule has 2 aromatic heterocycles. The van der Waals surface area contributed by atoms with Gasteiger partial charge in [-0.15, -0.1) is 0 Å². The molecule has 0 bridgehead atoms. The van der Waals surface area contributed by atoms with Crippen molar-refractivity contribution in [1.82, 2.24) is 15.0 Å². The van der Waals surface area contributed by atoms with E-state index in [4.69, 9.17) is 9.47 Å². The van der Waals surface area contributed by atoms with Crippen LogP contribution in [0.1, 0.15) is 46.4 Å². The summed E-state index contributed by atoms with van der Waals surface area (Å²) in [5, 5.41) is 5.53. The lowest BCUT2D eigenvalue weighted by molar-refractivity contribution is -0.114. The van der Waals surface area contributed by atoms with Gasteiger partial charge in [0.15, 0.2) is 5.75 Å². The van der Waals surface area contributed by atoms with Gasteiger partial charge in [-0.1, -0.05) is 6.92 Å². The number of rotatable bonds is 8. The number of alkyl halides is 2. The first kappa shape index (κ1) is 21.7. The SMILES string of the molecule is CCOc1cnc(NC(C)=O)cc1Nc1cc(OC2CC(C)C2)nc(C(C)(F)F)n1. The van der Waals surface area contributed by atoms with E-state index in [2.05, 4.69) is 32.5 Å². The number of nitrogens with one attached hydrogen (secondary N) is 2. The largest absolute Gasteiger partial charge is 0.490 e. The first-order valence-corrected chi connectivity index (χ1v) is 9.75. The van der Waals surface area contributed by atoms with E-state index in [-0.39, 0.29) is 29.5 Å². The molecule has 3 rings (SSSR count). The number of pyridine rings is 1. The van der Waals surface area contributed by atoms with Crippen LogP contribution >= 0.6 is 0 Å². The van der Waals surface area contributed by atoms with Gasteiger partial charge in [-0.3, -0.25) is 4.79 Å². The van der Waals surface area contributed by atoms with Crippen LogP contribution < -0.4 is 20.1 Å². The van der Waals surface area contributed by atoms with Crippen molar-refractivity contribution < 1.29 is 23.0 Å². The normalized spacial score (nSPS) is 18.3. The maximum absolute atomic E-state index is 14.0. The minimum absolute atomic E-state index is 0.0487. The molecule has 10 heteroatoms. The summed E-state index contributed by atoms with van der Waals surface area (Å²) in [5.74, 6) is -2.79. The Morgan fingerprint density at radius 1 is 1.27 bits per heavy atom. The Hall–Kier alpha value is -3.04. The Kier molecular flexibility index (Phi) is 6.33. The molecule has 0 atom stereocenters. The molecule has 8 nitrogen and oxygen atoms in total. The predicted molar refractivity (Wildman–Crippen MR) is 107 cm³/mol. The third-order valence-electron chi connectivity index (χ3n) is 4.45. The molecule has 1 fully saturated rings. The molecule has 0 unspecified atom stereocenters. The average molecular weight is 421 g/mol. The van der Waals surface area contributed by atoms with Crippen molar-refractivity contribution in [3.8, 4) is 11.6 Å². The molecule has 0 radical (unpaired) electrons. The van der Waals surface area contributed by atoms with Crippen molar-refractivity contribution in [3.63, 3.8) is 0 Å². The Bertz CT molecular complexity index is 914. The highest BCUT2D eigenvalue weighted by atomic mass is 19.3. The van der Waals surface area contributed by atoms with Crippen LogP contribution in [-0.2, 0) is 10.7 Å². The zero-order valence-corrected chi connectivity index (χ0v) is 17.3. The number of aromatic nitrogens is 3. The van der Waals surface area contributed by atoms with Crippen molar-refractivity contribution in [1.29, 1.82) is 0 Å². The van der Waals surface area contributed by atoms with Gasteiger partial charge >= 0.3 is 5.92 Å². The number of carbonyl (C=O) groups excluding carboxylic acids is 1. The second-order valence-electron chi connectivity index (χ2n) is 7.42. The number of hydrogen-bond acceptors (Lipinski definition) is 7. The molecule has 30 heavy (non-hydrogen) atoms. The van der Waals surface area contributed by atoms with E-state index < -0.39 is 11.7 Å². The van der Waals surface area contributed by atoms with Crippen LogP contribution in [-0.4, -0.2) is 33.6 Å². The second-order valence-corrected chi connectivity index (χ2v) is 7.42. The molecule has 0 aliphatic heterocycles. The molecule has 0 saturated heterocycles. The van der Waals surface area contributed by atoms with Crippen molar-refractivity contribution >= 4 is 23.2 Å². The van der Waals surface area contributed by atoms with Crippen LogP contribution in [0, 0.1) is 5.92 Å².